The maximum Gasteiger partial charge on any atom is 0.235 e. The van der Waals surface area contributed by atoms with Crippen molar-refractivity contribution < 1.29 is 4.42 Å². The third-order valence-corrected chi connectivity index (χ3v) is 7.88. The lowest BCUT2D eigenvalue weighted by molar-refractivity contribution is 0.673. The molecule has 4 aromatic heterocycles. The van der Waals surface area contributed by atoms with Gasteiger partial charge < -0.3 is 4.42 Å². The van der Waals surface area contributed by atoms with Crippen LogP contribution in [0.2, 0.25) is 0 Å². The van der Waals surface area contributed by atoms with Crippen LogP contribution in [-0.4, -0.2) is 14.5 Å². The van der Waals surface area contributed by atoms with E-state index < -0.39 is 0 Å². The van der Waals surface area contributed by atoms with E-state index in [0.29, 0.717) is 5.95 Å². The third kappa shape index (κ3) is 2.67. The second-order valence-electron chi connectivity index (χ2n) is 8.68. The minimum Gasteiger partial charge on any atom is -0.455 e. The van der Waals surface area contributed by atoms with Crippen LogP contribution >= 0.6 is 11.3 Å². The molecular weight excluding hydrogens is 450 g/mol. The molecular formula is C30H17N3OS. The number of aromatic nitrogens is 3. The van der Waals surface area contributed by atoms with E-state index in [-0.39, 0.29) is 0 Å². The van der Waals surface area contributed by atoms with E-state index in [4.69, 9.17) is 14.4 Å². The Labute approximate surface area is 203 Å². The van der Waals surface area contributed by atoms with Gasteiger partial charge in [0, 0.05) is 33.3 Å². The largest absolute Gasteiger partial charge is 0.455 e. The number of hydrogen-bond acceptors (Lipinski definition) is 4. The first-order chi connectivity index (χ1) is 17.3. The monoisotopic (exact) mass is 467 g/mol. The van der Waals surface area contributed by atoms with Gasteiger partial charge in [0.2, 0.25) is 5.95 Å². The highest BCUT2D eigenvalue weighted by Gasteiger charge is 2.20. The lowest BCUT2D eigenvalue weighted by atomic mass is 10.1. The van der Waals surface area contributed by atoms with Crippen molar-refractivity contribution in [1.82, 2.24) is 14.5 Å². The predicted molar refractivity (Wildman–Crippen MR) is 144 cm³/mol. The zero-order valence-corrected chi connectivity index (χ0v) is 19.3. The first kappa shape index (κ1) is 18.9. The van der Waals surface area contributed by atoms with Crippen LogP contribution in [-0.2, 0) is 0 Å². The summed E-state index contributed by atoms with van der Waals surface area (Å²) in [6.07, 6.45) is 2.05. The summed E-state index contributed by atoms with van der Waals surface area (Å²) in [7, 11) is 0. The van der Waals surface area contributed by atoms with Crippen LogP contribution in [0.15, 0.2) is 108 Å². The molecule has 0 spiro atoms. The van der Waals surface area contributed by atoms with Gasteiger partial charge in [-0.25, -0.2) is 9.97 Å². The molecule has 0 radical (unpaired) electrons. The van der Waals surface area contributed by atoms with E-state index in [1.54, 1.807) is 11.3 Å². The fourth-order valence-corrected chi connectivity index (χ4v) is 6.26. The molecule has 0 saturated carbocycles. The first-order valence-electron chi connectivity index (χ1n) is 11.5. The molecule has 0 aliphatic rings. The Morgan fingerprint density at radius 2 is 1.46 bits per heavy atom. The normalized spacial score (nSPS) is 12.0. The van der Waals surface area contributed by atoms with Crippen molar-refractivity contribution >= 4 is 64.5 Å². The SMILES string of the molecule is c1ccc(-c2nc(-n3ccc4ccccc43)nc3c2sc2c3ccc3c4ccccc4oc32)cc1. The fraction of sp³-hybridized carbons (Fsp3) is 0. The van der Waals surface area contributed by atoms with E-state index in [0.717, 1.165) is 64.4 Å². The van der Waals surface area contributed by atoms with Crippen molar-refractivity contribution in [1.29, 1.82) is 0 Å². The van der Waals surface area contributed by atoms with Gasteiger partial charge in [-0.3, -0.25) is 4.57 Å². The van der Waals surface area contributed by atoms with Gasteiger partial charge >= 0.3 is 0 Å². The Morgan fingerprint density at radius 3 is 2.40 bits per heavy atom. The number of para-hydroxylation sites is 2. The van der Waals surface area contributed by atoms with Crippen LogP contribution in [0, 0.1) is 0 Å². The fourth-order valence-electron chi connectivity index (χ4n) is 5.03. The Kier molecular flexibility index (Phi) is 3.78. The Hall–Kier alpha value is -4.48. The van der Waals surface area contributed by atoms with Crippen molar-refractivity contribution in [3.8, 4) is 17.2 Å². The summed E-state index contributed by atoms with van der Waals surface area (Å²) < 4.78 is 10.6. The highest BCUT2D eigenvalue weighted by Crippen LogP contribution is 2.43. The van der Waals surface area contributed by atoms with Crippen LogP contribution in [0.5, 0.6) is 0 Å². The minimum absolute atomic E-state index is 0.668. The minimum atomic E-state index is 0.668. The van der Waals surface area contributed by atoms with Gasteiger partial charge in [0.15, 0.2) is 5.58 Å². The molecule has 0 amide bonds. The average Bonchev–Trinajstić information content (AvgIpc) is 3.61. The molecule has 5 heteroatoms. The lowest BCUT2D eigenvalue weighted by Crippen LogP contribution is -2.01. The molecule has 164 valence electrons. The van der Waals surface area contributed by atoms with Crippen LogP contribution in [0.4, 0.5) is 0 Å². The number of thiophene rings is 1. The molecule has 0 unspecified atom stereocenters. The summed E-state index contributed by atoms with van der Waals surface area (Å²) in [5, 5.41) is 4.52. The third-order valence-electron chi connectivity index (χ3n) is 6.68. The van der Waals surface area contributed by atoms with Gasteiger partial charge in [-0.15, -0.1) is 11.3 Å². The van der Waals surface area contributed by atoms with Crippen LogP contribution < -0.4 is 0 Å². The Bertz CT molecular complexity index is 2060. The van der Waals surface area contributed by atoms with E-state index >= 15 is 0 Å². The van der Waals surface area contributed by atoms with Gasteiger partial charge in [0.1, 0.15) is 5.58 Å². The summed E-state index contributed by atoms with van der Waals surface area (Å²) in [5.74, 6) is 0.668. The van der Waals surface area contributed by atoms with Gasteiger partial charge in [-0.1, -0.05) is 72.8 Å². The van der Waals surface area contributed by atoms with E-state index in [1.807, 2.05) is 30.5 Å². The number of furan rings is 1. The summed E-state index contributed by atoms with van der Waals surface area (Å²) >= 11 is 1.71. The predicted octanol–water partition coefficient (Wildman–Crippen LogP) is 8.35. The molecule has 0 aliphatic heterocycles. The molecule has 0 bridgehead atoms. The standard InChI is InChI=1S/C30H17N3OS/c1-2-9-19(10-3-1)25-29-26(32-30(31-25)33-17-16-18-8-4-6-12-23(18)33)22-15-14-21-20-11-5-7-13-24(20)34-27(21)28(22)35-29/h1-17H. The van der Waals surface area contributed by atoms with Crippen LogP contribution in [0.25, 0.3) is 70.3 Å². The first-order valence-corrected chi connectivity index (χ1v) is 12.3. The van der Waals surface area contributed by atoms with Crippen molar-refractivity contribution in [3.05, 3.63) is 103 Å². The Morgan fingerprint density at radius 1 is 0.657 bits per heavy atom. The maximum atomic E-state index is 6.36. The topological polar surface area (TPSA) is 43.9 Å². The van der Waals surface area contributed by atoms with Gasteiger partial charge in [0.05, 0.1) is 26.1 Å². The quantitative estimate of drug-likeness (QED) is 0.257. The molecule has 0 atom stereocenters. The number of rotatable bonds is 2. The second kappa shape index (κ2) is 7.01. The van der Waals surface area contributed by atoms with Gasteiger partial charge in [0.25, 0.3) is 0 Å². The molecule has 0 fully saturated rings. The van der Waals surface area contributed by atoms with Crippen molar-refractivity contribution in [2.75, 3.05) is 0 Å². The van der Waals surface area contributed by atoms with E-state index in [1.165, 1.54) is 0 Å². The molecule has 0 N–H and O–H groups in total. The van der Waals surface area contributed by atoms with Crippen molar-refractivity contribution in [2.45, 2.75) is 0 Å². The number of fused-ring (bicyclic) bond motifs is 8. The van der Waals surface area contributed by atoms with Crippen molar-refractivity contribution in [3.63, 3.8) is 0 Å². The number of nitrogens with zero attached hydrogens (tertiary/aromatic N) is 3. The number of hydrogen-bond donors (Lipinski definition) is 0. The molecule has 4 nitrogen and oxygen atoms in total. The molecule has 0 aliphatic carbocycles. The summed E-state index contributed by atoms with van der Waals surface area (Å²) in [5.41, 5.74) is 5.87. The molecule has 4 heterocycles. The average molecular weight is 468 g/mol. The molecule has 8 rings (SSSR count). The van der Waals surface area contributed by atoms with Crippen LogP contribution in [0.1, 0.15) is 0 Å². The molecule has 4 aromatic carbocycles. The highest BCUT2D eigenvalue weighted by atomic mass is 32.1. The molecule has 0 saturated heterocycles. The summed E-state index contributed by atoms with van der Waals surface area (Å²) in [4.78, 5) is 10.2. The van der Waals surface area contributed by atoms with Gasteiger partial charge in [-0.05, 0) is 24.3 Å². The lowest BCUT2D eigenvalue weighted by Gasteiger charge is -2.08. The zero-order valence-electron chi connectivity index (χ0n) is 18.5. The molecule has 8 aromatic rings. The number of benzene rings is 4. The van der Waals surface area contributed by atoms with Gasteiger partial charge in [-0.2, -0.15) is 0 Å². The smallest absolute Gasteiger partial charge is 0.235 e. The van der Waals surface area contributed by atoms with Crippen LogP contribution in [0.3, 0.4) is 0 Å². The van der Waals surface area contributed by atoms with E-state index in [9.17, 15) is 0 Å². The summed E-state index contributed by atoms with van der Waals surface area (Å²) in [6.45, 7) is 0. The second-order valence-corrected chi connectivity index (χ2v) is 9.70. The maximum absolute atomic E-state index is 6.36. The Balaban J connectivity index is 1.51. The zero-order chi connectivity index (χ0) is 22.9. The summed E-state index contributed by atoms with van der Waals surface area (Å²) in [6, 6.07) is 33.3. The van der Waals surface area contributed by atoms with E-state index in [2.05, 4.69) is 77.4 Å². The highest BCUT2D eigenvalue weighted by molar-refractivity contribution is 7.27. The molecule has 35 heavy (non-hydrogen) atoms. The van der Waals surface area contributed by atoms with Crippen molar-refractivity contribution in [2.24, 2.45) is 0 Å².